The smallest absolute Gasteiger partial charge is 0.320 e. The summed E-state index contributed by atoms with van der Waals surface area (Å²) >= 11 is 0. The third-order valence-electron chi connectivity index (χ3n) is 3.78. The van der Waals surface area contributed by atoms with Gasteiger partial charge in [-0.2, -0.15) is 0 Å². The molecule has 0 radical (unpaired) electrons. The molecular weight excluding hydrogens is 236 g/mol. The van der Waals surface area contributed by atoms with Crippen molar-refractivity contribution in [1.29, 1.82) is 0 Å². The summed E-state index contributed by atoms with van der Waals surface area (Å²) < 4.78 is 0. The first-order chi connectivity index (χ1) is 8.50. The Hall–Kier alpha value is -1.30. The van der Waals surface area contributed by atoms with E-state index in [4.69, 9.17) is 5.11 Å². The van der Waals surface area contributed by atoms with Crippen LogP contribution in [-0.2, 0) is 4.79 Å². The van der Waals surface area contributed by atoms with Crippen molar-refractivity contribution in [1.82, 2.24) is 9.80 Å². The maximum atomic E-state index is 12.1. The van der Waals surface area contributed by atoms with E-state index in [1.807, 2.05) is 13.8 Å². The molecule has 1 aliphatic rings. The second-order valence-corrected chi connectivity index (χ2v) is 4.70. The second kappa shape index (κ2) is 6.04. The van der Waals surface area contributed by atoms with Gasteiger partial charge in [-0.1, -0.05) is 6.92 Å². The molecule has 0 spiro atoms. The van der Waals surface area contributed by atoms with Crippen molar-refractivity contribution in [2.24, 2.45) is 5.41 Å². The lowest BCUT2D eigenvalue weighted by Crippen LogP contribution is -2.45. The van der Waals surface area contributed by atoms with Crippen LogP contribution in [0.1, 0.15) is 26.7 Å². The van der Waals surface area contributed by atoms with E-state index in [0.29, 0.717) is 25.9 Å². The summed E-state index contributed by atoms with van der Waals surface area (Å²) in [4.78, 5) is 26.6. The predicted molar refractivity (Wildman–Crippen MR) is 66.3 cm³/mol. The minimum atomic E-state index is -0.828. The number of rotatable bonds is 5. The summed E-state index contributed by atoms with van der Waals surface area (Å²) in [5, 5.41) is 18.2. The number of aliphatic hydroxyl groups excluding tert-OH is 1. The van der Waals surface area contributed by atoms with Gasteiger partial charge in [0.25, 0.3) is 0 Å². The average Bonchev–Trinajstić information content (AvgIpc) is 2.81. The van der Waals surface area contributed by atoms with Gasteiger partial charge in [0, 0.05) is 26.2 Å². The fraction of sp³-hybridized carbons (Fsp3) is 0.833. The van der Waals surface area contributed by atoms with E-state index < -0.39 is 11.4 Å². The van der Waals surface area contributed by atoms with E-state index in [1.165, 1.54) is 4.90 Å². The van der Waals surface area contributed by atoms with Crippen LogP contribution < -0.4 is 0 Å². The number of hydrogen-bond acceptors (Lipinski definition) is 3. The van der Waals surface area contributed by atoms with Gasteiger partial charge >= 0.3 is 12.0 Å². The topological polar surface area (TPSA) is 81.1 Å². The van der Waals surface area contributed by atoms with Crippen molar-refractivity contribution in [3.63, 3.8) is 0 Å². The van der Waals surface area contributed by atoms with Gasteiger partial charge in [-0.3, -0.25) is 4.79 Å². The zero-order valence-electron chi connectivity index (χ0n) is 11.1. The Morgan fingerprint density at radius 2 is 2.06 bits per heavy atom. The molecule has 1 fully saturated rings. The molecule has 0 aromatic rings. The molecule has 1 atom stereocenters. The number of carboxylic acid groups (broad SMARTS) is 1. The van der Waals surface area contributed by atoms with Crippen molar-refractivity contribution in [3.05, 3.63) is 0 Å². The lowest BCUT2D eigenvalue weighted by Gasteiger charge is -2.28. The van der Waals surface area contributed by atoms with E-state index in [0.717, 1.165) is 0 Å². The third kappa shape index (κ3) is 2.75. The normalized spacial score (nSPS) is 23.2. The minimum Gasteiger partial charge on any atom is -0.481 e. The second-order valence-electron chi connectivity index (χ2n) is 4.70. The first-order valence-corrected chi connectivity index (χ1v) is 6.39. The van der Waals surface area contributed by atoms with Crippen LogP contribution in [0, 0.1) is 5.41 Å². The maximum Gasteiger partial charge on any atom is 0.320 e. The molecular formula is C12H22N2O4. The quantitative estimate of drug-likeness (QED) is 0.757. The van der Waals surface area contributed by atoms with Crippen molar-refractivity contribution in [3.8, 4) is 0 Å². The van der Waals surface area contributed by atoms with Crippen LogP contribution in [0.5, 0.6) is 0 Å². The van der Waals surface area contributed by atoms with Crippen LogP contribution in [0.3, 0.4) is 0 Å². The third-order valence-corrected chi connectivity index (χ3v) is 3.78. The highest BCUT2D eigenvalue weighted by atomic mass is 16.4. The number of amides is 2. The summed E-state index contributed by atoms with van der Waals surface area (Å²) in [6.07, 6.45) is 1.03. The highest BCUT2D eigenvalue weighted by Gasteiger charge is 2.45. The average molecular weight is 258 g/mol. The highest BCUT2D eigenvalue weighted by molar-refractivity contribution is 5.79. The number of aliphatic carboxylic acids is 1. The molecule has 1 unspecified atom stereocenters. The zero-order valence-corrected chi connectivity index (χ0v) is 11.1. The molecule has 0 aromatic carbocycles. The molecule has 0 saturated carbocycles. The molecule has 1 rings (SSSR count). The number of likely N-dealkylation sites (N-methyl/N-ethyl adjacent to an activating group) is 1. The molecule has 0 aliphatic carbocycles. The van der Waals surface area contributed by atoms with Crippen LogP contribution in [-0.4, -0.2) is 64.8 Å². The fourth-order valence-corrected chi connectivity index (χ4v) is 2.36. The van der Waals surface area contributed by atoms with Gasteiger partial charge in [0.1, 0.15) is 0 Å². The number of likely N-dealkylation sites (tertiary alicyclic amines) is 1. The first-order valence-electron chi connectivity index (χ1n) is 6.39. The standard InChI is InChI=1S/C12H22N2O4/c1-3-12(10(16)17)5-6-14(9-12)11(18)13(4-2)7-8-15/h15H,3-9H2,1-2H3,(H,16,17). The number of aliphatic hydroxyl groups is 1. The Kier molecular flexibility index (Phi) is 4.95. The fourth-order valence-electron chi connectivity index (χ4n) is 2.36. The summed E-state index contributed by atoms with van der Waals surface area (Å²) in [7, 11) is 0. The zero-order chi connectivity index (χ0) is 13.8. The molecule has 0 aromatic heterocycles. The van der Waals surface area contributed by atoms with Gasteiger partial charge < -0.3 is 20.0 Å². The van der Waals surface area contributed by atoms with Gasteiger partial charge in [0.05, 0.1) is 12.0 Å². The van der Waals surface area contributed by atoms with Gasteiger partial charge in [-0.15, -0.1) is 0 Å². The Bertz CT molecular complexity index is 321. The predicted octanol–water partition coefficient (Wildman–Crippen LogP) is 0.607. The number of carboxylic acids is 1. The number of nitrogens with zero attached hydrogens (tertiary/aromatic N) is 2. The summed E-state index contributed by atoms with van der Waals surface area (Å²) in [6.45, 7) is 5.15. The van der Waals surface area contributed by atoms with E-state index in [2.05, 4.69) is 0 Å². The van der Waals surface area contributed by atoms with Crippen molar-refractivity contribution < 1.29 is 19.8 Å². The van der Waals surface area contributed by atoms with Crippen molar-refractivity contribution in [2.45, 2.75) is 26.7 Å². The van der Waals surface area contributed by atoms with Gasteiger partial charge in [0.15, 0.2) is 0 Å². The molecule has 6 nitrogen and oxygen atoms in total. The molecule has 6 heteroatoms. The molecule has 2 N–H and O–H groups in total. The monoisotopic (exact) mass is 258 g/mol. The SMILES string of the molecule is CCN(CCO)C(=O)N1CCC(CC)(C(=O)O)C1. The molecule has 0 bridgehead atoms. The molecule has 104 valence electrons. The van der Waals surface area contributed by atoms with E-state index in [1.54, 1.807) is 4.90 Å². The summed E-state index contributed by atoms with van der Waals surface area (Å²) in [6, 6.07) is -0.178. The van der Waals surface area contributed by atoms with E-state index in [9.17, 15) is 14.7 Å². The molecule has 2 amide bonds. The first kappa shape index (κ1) is 14.8. The molecule has 1 saturated heterocycles. The minimum absolute atomic E-state index is 0.0781. The van der Waals surface area contributed by atoms with Crippen molar-refractivity contribution >= 4 is 12.0 Å². The lowest BCUT2D eigenvalue weighted by molar-refractivity contribution is -0.148. The van der Waals surface area contributed by atoms with Gasteiger partial charge in [-0.25, -0.2) is 4.79 Å². The van der Waals surface area contributed by atoms with E-state index in [-0.39, 0.29) is 25.7 Å². The van der Waals surface area contributed by atoms with Crippen LogP contribution >= 0.6 is 0 Å². The molecule has 18 heavy (non-hydrogen) atoms. The van der Waals surface area contributed by atoms with Crippen LogP contribution in [0.2, 0.25) is 0 Å². The van der Waals surface area contributed by atoms with Gasteiger partial charge in [0.2, 0.25) is 0 Å². The van der Waals surface area contributed by atoms with Crippen LogP contribution in [0.15, 0.2) is 0 Å². The summed E-state index contributed by atoms with van der Waals surface area (Å²) in [5.74, 6) is -0.828. The molecule has 1 aliphatic heterocycles. The van der Waals surface area contributed by atoms with Crippen molar-refractivity contribution in [2.75, 3.05) is 32.8 Å². The Labute approximate surface area is 107 Å². The Morgan fingerprint density at radius 3 is 2.44 bits per heavy atom. The largest absolute Gasteiger partial charge is 0.481 e. The number of urea groups is 1. The summed E-state index contributed by atoms with van der Waals surface area (Å²) in [5.41, 5.74) is -0.797. The highest BCUT2D eigenvalue weighted by Crippen LogP contribution is 2.34. The maximum absolute atomic E-state index is 12.1. The number of carbonyl (C=O) groups is 2. The van der Waals surface area contributed by atoms with E-state index >= 15 is 0 Å². The number of carbonyl (C=O) groups excluding carboxylic acids is 1. The van der Waals surface area contributed by atoms with Crippen LogP contribution in [0.4, 0.5) is 4.79 Å². The van der Waals surface area contributed by atoms with Gasteiger partial charge in [-0.05, 0) is 19.8 Å². The Balaban J connectivity index is 2.71. The lowest BCUT2D eigenvalue weighted by atomic mass is 9.84. The Morgan fingerprint density at radius 1 is 1.39 bits per heavy atom. The van der Waals surface area contributed by atoms with Crippen LogP contribution in [0.25, 0.3) is 0 Å². The number of hydrogen-bond donors (Lipinski definition) is 2. The molecule has 1 heterocycles.